The van der Waals surface area contributed by atoms with E-state index in [0.29, 0.717) is 26.4 Å². The summed E-state index contributed by atoms with van der Waals surface area (Å²) in [5, 5.41) is 12.0. The minimum Gasteiger partial charge on any atom is -0.380 e. The summed E-state index contributed by atoms with van der Waals surface area (Å²) in [7, 11) is 0. The number of rotatable bonds is 2. The molecule has 0 amide bonds. The monoisotopic (exact) mass is 228 g/mol. The van der Waals surface area contributed by atoms with Gasteiger partial charge >= 0.3 is 0 Å². The van der Waals surface area contributed by atoms with Gasteiger partial charge in [0.25, 0.3) is 0 Å². The van der Waals surface area contributed by atoms with Gasteiger partial charge in [0.15, 0.2) is 6.29 Å². The Hall–Kier alpha value is -0.460. The lowest BCUT2D eigenvalue weighted by molar-refractivity contribution is -0.184. The van der Waals surface area contributed by atoms with E-state index in [0.717, 1.165) is 10.4 Å². The molecule has 4 nitrogen and oxygen atoms in total. The Morgan fingerprint density at radius 2 is 2.07 bits per heavy atom. The van der Waals surface area contributed by atoms with Crippen molar-refractivity contribution in [3.63, 3.8) is 0 Å². The van der Waals surface area contributed by atoms with Crippen LogP contribution in [-0.4, -0.2) is 31.5 Å². The van der Waals surface area contributed by atoms with Crippen LogP contribution in [0.2, 0.25) is 0 Å². The lowest BCUT2D eigenvalue weighted by atomic mass is 9.95. The Bertz CT molecular complexity index is 352. The van der Waals surface area contributed by atoms with E-state index in [-0.39, 0.29) is 6.29 Å². The zero-order valence-electron chi connectivity index (χ0n) is 8.14. The molecule has 2 aliphatic heterocycles. The number of thiophene rings is 1. The average molecular weight is 228 g/mol. The Kier molecular flexibility index (Phi) is 2.30. The van der Waals surface area contributed by atoms with Gasteiger partial charge in [0.2, 0.25) is 0 Å². The van der Waals surface area contributed by atoms with Gasteiger partial charge in [-0.25, -0.2) is 0 Å². The molecule has 1 aromatic rings. The normalized spacial score (nSPS) is 25.4. The molecule has 0 saturated carbocycles. The number of hydrogen-bond acceptors (Lipinski definition) is 5. The fourth-order valence-corrected chi connectivity index (χ4v) is 2.70. The summed E-state index contributed by atoms with van der Waals surface area (Å²) in [5.41, 5.74) is 0.126. The maximum absolute atomic E-state index is 10.0. The fourth-order valence-electron chi connectivity index (χ4n) is 1.71. The lowest BCUT2D eigenvalue weighted by Gasteiger charge is -2.35. The molecule has 5 heteroatoms. The summed E-state index contributed by atoms with van der Waals surface area (Å²) < 4.78 is 15.8. The predicted octanol–water partition coefficient (Wildman–Crippen LogP) is 1.01. The molecule has 1 N–H and O–H groups in total. The van der Waals surface area contributed by atoms with Gasteiger partial charge in [-0.1, -0.05) is 0 Å². The first-order valence-corrected chi connectivity index (χ1v) is 5.78. The van der Waals surface area contributed by atoms with E-state index in [4.69, 9.17) is 14.2 Å². The van der Waals surface area contributed by atoms with E-state index in [2.05, 4.69) is 0 Å². The molecule has 0 atom stereocenters. The first-order valence-electron chi connectivity index (χ1n) is 4.90. The van der Waals surface area contributed by atoms with Crippen LogP contribution in [0.3, 0.4) is 0 Å². The van der Waals surface area contributed by atoms with Crippen LogP contribution in [0, 0.1) is 0 Å². The third-order valence-electron chi connectivity index (χ3n) is 2.69. The lowest BCUT2D eigenvalue weighted by Crippen LogP contribution is -2.46. The van der Waals surface area contributed by atoms with Crippen LogP contribution in [0.1, 0.15) is 16.7 Å². The van der Waals surface area contributed by atoms with E-state index in [1.165, 1.54) is 0 Å². The number of ether oxygens (including phenoxy) is 3. The van der Waals surface area contributed by atoms with Crippen LogP contribution in [0.4, 0.5) is 0 Å². The summed E-state index contributed by atoms with van der Waals surface area (Å²) >= 11 is 1.56. The quantitative estimate of drug-likeness (QED) is 0.820. The van der Waals surface area contributed by atoms with Gasteiger partial charge in [0.1, 0.15) is 5.60 Å². The Balaban J connectivity index is 1.80. The zero-order valence-corrected chi connectivity index (χ0v) is 8.96. The van der Waals surface area contributed by atoms with Crippen molar-refractivity contribution in [2.75, 3.05) is 26.4 Å². The molecule has 3 rings (SSSR count). The van der Waals surface area contributed by atoms with Crippen LogP contribution in [0.15, 0.2) is 11.4 Å². The highest BCUT2D eigenvalue weighted by Crippen LogP contribution is 2.36. The highest BCUT2D eigenvalue weighted by atomic mass is 32.1. The van der Waals surface area contributed by atoms with Gasteiger partial charge < -0.3 is 19.3 Å². The second-order valence-electron chi connectivity index (χ2n) is 3.84. The van der Waals surface area contributed by atoms with Gasteiger partial charge in [-0.15, -0.1) is 11.3 Å². The van der Waals surface area contributed by atoms with Crippen LogP contribution in [0.25, 0.3) is 0 Å². The van der Waals surface area contributed by atoms with Crippen molar-refractivity contribution in [3.8, 4) is 0 Å². The van der Waals surface area contributed by atoms with E-state index in [1.54, 1.807) is 11.3 Å². The van der Waals surface area contributed by atoms with E-state index in [1.807, 2.05) is 11.4 Å². The summed E-state index contributed by atoms with van der Waals surface area (Å²) in [6, 6.07) is 1.95. The molecule has 0 radical (unpaired) electrons. The molecule has 82 valence electrons. The third-order valence-corrected chi connectivity index (χ3v) is 3.65. The number of aliphatic hydroxyl groups is 1. The van der Waals surface area contributed by atoms with Crippen molar-refractivity contribution in [2.24, 2.45) is 0 Å². The predicted molar refractivity (Wildman–Crippen MR) is 53.7 cm³/mol. The van der Waals surface area contributed by atoms with E-state index < -0.39 is 5.60 Å². The molecule has 0 bridgehead atoms. The smallest absolute Gasteiger partial charge is 0.193 e. The van der Waals surface area contributed by atoms with Crippen molar-refractivity contribution >= 4 is 11.3 Å². The molecular weight excluding hydrogens is 216 g/mol. The van der Waals surface area contributed by atoms with Crippen molar-refractivity contribution in [3.05, 3.63) is 21.9 Å². The molecule has 0 spiro atoms. The van der Waals surface area contributed by atoms with Crippen molar-refractivity contribution in [2.45, 2.75) is 11.9 Å². The second kappa shape index (κ2) is 3.54. The highest BCUT2D eigenvalue weighted by molar-refractivity contribution is 7.10. The first kappa shape index (κ1) is 9.74. The van der Waals surface area contributed by atoms with Crippen molar-refractivity contribution in [1.82, 2.24) is 0 Å². The molecule has 2 aliphatic rings. The largest absolute Gasteiger partial charge is 0.380 e. The third kappa shape index (κ3) is 1.60. The maximum Gasteiger partial charge on any atom is 0.193 e. The maximum atomic E-state index is 10.0. The van der Waals surface area contributed by atoms with Crippen molar-refractivity contribution < 1.29 is 19.3 Å². The molecule has 3 heterocycles. The van der Waals surface area contributed by atoms with Crippen LogP contribution in [-0.2, 0) is 19.8 Å². The summed E-state index contributed by atoms with van der Waals surface area (Å²) in [5.74, 6) is 0. The molecule has 2 fully saturated rings. The van der Waals surface area contributed by atoms with Crippen molar-refractivity contribution in [1.29, 1.82) is 0 Å². The molecule has 1 aromatic heterocycles. The number of hydrogen-bond donors (Lipinski definition) is 1. The fraction of sp³-hybridized carbons (Fsp3) is 0.600. The Labute approximate surface area is 91.4 Å². The average Bonchev–Trinajstić information content (AvgIpc) is 2.84. The van der Waals surface area contributed by atoms with E-state index >= 15 is 0 Å². The molecular formula is C10H12O4S. The molecule has 0 unspecified atom stereocenters. The first-order chi connectivity index (χ1) is 7.28. The van der Waals surface area contributed by atoms with Gasteiger partial charge in [0.05, 0.1) is 31.3 Å². The van der Waals surface area contributed by atoms with Crippen LogP contribution >= 0.6 is 11.3 Å². The molecule has 2 saturated heterocycles. The van der Waals surface area contributed by atoms with E-state index in [9.17, 15) is 5.11 Å². The van der Waals surface area contributed by atoms with Gasteiger partial charge in [-0.3, -0.25) is 0 Å². The minimum atomic E-state index is -0.784. The van der Waals surface area contributed by atoms with Gasteiger partial charge in [0, 0.05) is 0 Å². The topological polar surface area (TPSA) is 47.9 Å². The van der Waals surface area contributed by atoms with Gasteiger partial charge in [-0.05, 0) is 17.0 Å². The molecule has 0 aliphatic carbocycles. The Morgan fingerprint density at radius 1 is 1.33 bits per heavy atom. The second-order valence-corrected chi connectivity index (χ2v) is 4.78. The van der Waals surface area contributed by atoms with Gasteiger partial charge in [-0.2, -0.15) is 0 Å². The summed E-state index contributed by atoms with van der Waals surface area (Å²) in [6.45, 7) is 2.06. The summed E-state index contributed by atoms with van der Waals surface area (Å²) in [4.78, 5) is 1.02. The standard InChI is InChI=1S/C10H12O4S/c11-10(5-12-6-10)7-3-8(15-4-7)9-13-1-2-14-9/h3-4,9,11H,1-2,5-6H2. The SMILES string of the molecule is OC1(c2csc(C3OCCO3)c2)COC1. The zero-order chi connectivity index (χ0) is 10.3. The molecule has 15 heavy (non-hydrogen) atoms. The van der Waals surface area contributed by atoms with Crippen LogP contribution in [0.5, 0.6) is 0 Å². The van der Waals surface area contributed by atoms with Crippen LogP contribution < -0.4 is 0 Å². The summed E-state index contributed by atoms with van der Waals surface area (Å²) in [6.07, 6.45) is -0.242. The Morgan fingerprint density at radius 3 is 2.67 bits per heavy atom. The highest BCUT2D eigenvalue weighted by Gasteiger charge is 2.39. The molecule has 0 aromatic carbocycles. The minimum absolute atomic E-state index is 0.242.